The van der Waals surface area contributed by atoms with E-state index in [0.29, 0.717) is 6.54 Å². The van der Waals surface area contributed by atoms with Crippen molar-refractivity contribution in [2.45, 2.75) is 45.8 Å². The number of hydrogen-bond donors (Lipinski definition) is 2. The van der Waals surface area contributed by atoms with Gasteiger partial charge in [0.1, 0.15) is 0 Å². The zero-order chi connectivity index (χ0) is 22.7. The van der Waals surface area contributed by atoms with Gasteiger partial charge in [-0.05, 0) is 55.6 Å². The lowest BCUT2D eigenvalue weighted by Gasteiger charge is -2.30. The molecule has 2 heterocycles. The van der Waals surface area contributed by atoms with Crippen LogP contribution in [0.3, 0.4) is 0 Å². The smallest absolute Gasteiger partial charge is 0.191 e. The van der Waals surface area contributed by atoms with Crippen LogP contribution < -0.4 is 15.5 Å². The molecule has 0 unspecified atom stereocenters. The van der Waals surface area contributed by atoms with Gasteiger partial charge in [0, 0.05) is 38.4 Å². The largest absolute Gasteiger partial charge is 0.378 e. The van der Waals surface area contributed by atoms with Crippen molar-refractivity contribution < 1.29 is 4.74 Å². The van der Waals surface area contributed by atoms with Crippen LogP contribution in [0, 0.1) is 0 Å². The molecule has 0 saturated carbocycles. The van der Waals surface area contributed by atoms with Gasteiger partial charge in [-0.3, -0.25) is 4.90 Å². The zero-order valence-corrected chi connectivity index (χ0v) is 20.1. The lowest BCUT2D eigenvalue weighted by molar-refractivity contribution is 0.122. The van der Waals surface area contributed by atoms with Gasteiger partial charge in [0.15, 0.2) is 5.96 Å². The van der Waals surface area contributed by atoms with E-state index in [-0.39, 0.29) is 0 Å². The maximum absolute atomic E-state index is 5.52. The molecule has 2 aliphatic rings. The lowest BCUT2D eigenvalue weighted by atomic mass is 10.1. The van der Waals surface area contributed by atoms with Crippen LogP contribution in [-0.2, 0) is 24.4 Å². The van der Waals surface area contributed by atoms with Gasteiger partial charge in [0.05, 0.1) is 19.8 Å². The quantitative estimate of drug-likeness (QED) is 0.475. The van der Waals surface area contributed by atoms with Gasteiger partial charge in [-0.25, -0.2) is 4.99 Å². The molecule has 4 rings (SSSR count). The summed E-state index contributed by atoms with van der Waals surface area (Å²) < 4.78 is 5.52. The maximum Gasteiger partial charge on any atom is 0.191 e. The van der Waals surface area contributed by atoms with Crippen molar-refractivity contribution in [1.29, 1.82) is 0 Å². The number of morpholine rings is 1. The average Bonchev–Trinajstić information content (AvgIpc) is 2.88. The minimum absolute atomic E-state index is 0.671. The first-order valence-corrected chi connectivity index (χ1v) is 12.5. The van der Waals surface area contributed by atoms with Gasteiger partial charge < -0.3 is 20.3 Å². The molecule has 2 aliphatic heterocycles. The molecule has 0 aromatic heterocycles. The Balaban J connectivity index is 1.33. The molecular weight excluding hydrogens is 410 g/mol. The van der Waals surface area contributed by atoms with E-state index in [4.69, 9.17) is 9.73 Å². The fraction of sp³-hybridized carbons (Fsp3) is 0.519. The number of piperidine rings is 1. The highest BCUT2D eigenvalue weighted by Crippen LogP contribution is 2.21. The van der Waals surface area contributed by atoms with E-state index in [2.05, 4.69) is 75.9 Å². The Labute approximate surface area is 199 Å². The summed E-state index contributed by atoms with van der Waals surface area (Å²) in [4.78, 5) is 9.82. The first kappa shape index (κ1) is 23.6. The number of rotatable bonds is 8. The minimum Gasteiger partial charge on any atom is -0.378 e. The Kier molecular flexibility index (Phi) is 9.01. The highest BCUT2D eigenvalue weighted by molar-refractivity contribution is 5.80. The van der Waals surface area contributed by atoms with Crippen molar-refractivity contribution in [3.63, 3.8) is 0 Å². The third-order valence-electron chi connectivity index (χ3n) is 6.43. The Morgan fingerprint density at radius 3 is 2.36 bits per heavy atom. The molecular formula is C27H39N5O. The summed E-state index contributed by atoms with van der Waals surface area (Å²) in [7, 11) is 0. The topological polar surface area (TPSA) is 52.1 Å². The molecule has 0 aliphatic carbocycles. The van der Waals surface area contributed by atoms with Gasteiger partial charge in [-0.2, -0.15) is 0 Å². The Morgan fingerprint density at radius 2 is 1.61 bits per heavy atom. The van der Waals surface area contributed by atoms with E-state index in [1.165, 1.54) is 54.7 Å². The molecule has 2 aromatic carbocycles. The molecule has 0 atom stereocenters. The molecule has 0 bridgehead atoms. The van der Waals surface area contributed by atoms with Crippen LogP contribution in [0.25, 0.3) is 0 Å². The highest BCUT2D eigenvalue weighted by Gasteiger charge is 2.14. The van der Waals surface area contributed by atoms with Gasteiger partial charge in [-0.15, -0.1) is 0 Å². The first-order valence-electron chi connectivity index (χ1n) is 12.5. The minimum atomic E-state index is 0.671. The molecule has 0 radical (unpaired) electrons. The molecule has 2 N–H and O–H groups in total. The fourth-order valence-corrected chi connectivity index (χ4v) is 4.59. The molecule has 178 valence electrons. The summed E-state index contributed by atoms with van der Waals surface area (Å²) in [5, 5.41) is 6.91. The summed E-state index contributed by atoms with van der Waals surface area (Å²) in [5.74, 6) is 0.853. The predicted octanol–water partition coefficient (Wildman–Crippen LogP) is 3.76. The van der Waals surface area contributed by atoms with Crippen LogP contribution in [0.2, 0.25) is 0 Å². The summed E-state index contributed by atoms with van der Waals surface area (Å²) in [6, 6.07) is 17.6. The molecule has 0 spiro atoms. The second kappa shape index (κ2) is 12.6. The molecule has 2 fully saturated rings. The van der Waals surface area contributed by atoms with Crippen LogP contribution in [-0.4, -0.2) is 56.8 Å². The second-order valence-corrected chi connectivity index (χ2v) is 8.93. The maximum atomic E-state index is 5.52. The number of anilines is 1. The van der Waals surface area contributed by atoms with Gasteiger partial charge in [0.2, 0.25) is 0 Å². The number of likely N-dealkylation sites (tertiary alicyclic amines) is 1. The highest BCUT2D eigenvalue weighted by atomic mass is 16.5. The molecule has 6 heteroatoms. The van der Waals surface area contributed by atoms with E-state index in [0.717, 1.165) is 51.9 Å². The van der Waals surface area contributed by atoms with E-state index in [9.17, 15) is 0 Å². The van der Waals surface area contributed by atoms with Crippen molar-refractivity contribution >= 4 is 11.6 Å². The van der Waals surface area contributed by atoms with E-state index in [1.54, 1.807) is 0 Å². The predicted molar refractivity (Wildman–Crippen MR) is 137 cm³/mol. The standard InChI is InChI=1S/C27H39N5O/c1-2-28-27(30-21-25-8-4-5-9-26(25)32-16-18-33-19-17-32)29-20-23-10-12-24(13-11-23)22-31-14-6-3-7-15-31/h4-5,8-13H,2-3,6-7,14-22H2,1H3,(H2,28,29,30). The molecule has 2 aromatic rings. The summed E-state index contributed by atoms with van der Waals surface area (Å²) >= 11 is 0. The van der Waals surface area contributed by atoms with Crippen molar-refractivity contribution in [2.24, 2.45) is 4.99 Å². The number of aliphatic imine (C=N–C) groups is 1. The van der Waals surface area contributed by atoms with Crippen molar-refractivity contribution in [3.8, 4) is 0 Å². The fourth-order valence-electron chi connectivity index (χ4n) is 4.59. The van der Waals surface area contributed by atoms with E-state index >= 15 is 0 Å². The van der Waals surface area contributed by atoms with Crippen LogP contribution in [0.15, 0.2) is 53.5 Å². The Hall–Kier alpha value is -2.57. The van der Waals surface area contributed by atoms with E-state index in [1.807, 2.05) is 0 Å². The number of ether oxygens (including phenoxy) is 1. The third kappa shape index (κ3) is 7.21. The van der Waals surface area contributed by atoms with Crippen molar-refractivity contribution in [3.05, 3.63) is 65.2 Å². The van der Waals surface area contributed by atoms with Crippen LogP contribution in [0.1, 0.15) is 42.9 Å². The van der Waals surface area contributed by atoms with Crippen molar-refractivity contribution in [2.75, 3.05) is 50.8 Å². The lowest BCUT2D eigenvalue weighted by Crippen LogP contribution is -2.39. The van der Waals surface area contributed by atoms with Crippen LogP contribution in [0.5, 0.6) is 0 Å². The molecule has 2 saturated heterocycles. The second-order valence-electron chi connectivity index (χ2n) is 8.93. The average molecular weight is 450 g/mol. The van der Waals surface area contributed by atoms with Gasteiger partial charge in [0.25, 0.3) is 0 Å². The number of nitrogens with zero attached hydrogens (tertiary/aromatic N) is 3. The van der Waals surface area contributed by atoms with Crippen LogP contribution in [0.4, 0.5) is 5.69 Å². The summed E-state index contributed by atoms with van der Waals surface area (Å²) in [6.07, 6.45) is 4.06. The number of hydrogen-bond acceptors (Lipinski definition) is 4. The summed E-state index contributed by atoms with van der Waals surface area (Å²) in [6.45, 7) is 11.4. The van der Waals surface area contributed by atoms with E-state index < -0.39 is 0 Å². The Bertz CT molecular complexity index is 870. The van der Waals surface area contributed by atoms with Crippen molar-refractivity contribution in [1.82, 2.24) is 15.5 Å². The number of para-hydroxylation sites is 1. The molecule has 33 heavy (non-hydrogen) atoms. The van der Waals surface area contributed by atoms with Crippen LogP contribution >= 0.6 is 0 Å². The number of guanidine groups is 1. The number of nitrogens with one attached hydrogen (secondary N) is 2. The first-order chi connectivity index (χ1) is 16.3. The third-order valence-corrected chi connectivity index (χ3v) is 6.43. The Morgan fingerprint density at radius 1 is 0.879 bits per heavy atom. The van der Waals surface area contributed by atoms with Gasteiger partial charge >= 0.3 is 0 Å². The summed E-state index contributed by atoms with van der Waals surface area (Å²) in [5.41, 5.74) is 5.21. The SMILES string of the molecule is CCNC(=NCc1ccc(CN2CCCCC2)cc1)NCc1ccccc1N1CCOCC1. The zero-order valence-electron chi connectivity index (χ0n) is 20.1. The molecule has 0 amide bonds. The monoisotopic (exact) mass is 449 g/mol. The van der Waals surface area contributed by atoms with Gasteiger partial charge in [-0.1, -0.05) is 48.9 Å². The number of benzene rings is 2. The molecule has 6 nitrogen and oxygen atoms in total. The normalized spacial score (nSPS) is 17.7.